The highest BCUT2D eigenvalue weighted by atomic mass is 19.4. The summed E-state index contributed by atoms with van der Waals surface area (Å²) in [5.41, 5.74) is 0. The number of rotatable bonds is 10. The Bertz CT molecular complexity index is 404. The van der Waals surface area contributed by atoms with Crippen LogP contribution in [-0.2, 0) is 9.47 Å². The van der Waals surface area contributed by atoms with Crippen LogP contribution in [-0.4, -0.2) is 49.9 Å². The molecule has 1 unspecified atom stereocenters. The molecule has 0 aliphatic carbocycles. The molecule has 1 heterocycles. The predicted octanol–water partition coefficient (Wildman–Crippen LogP) is 5.21. The summed E-state index contributed by atoms with van der Waals surface area (Å²) in [5.74, 6) is -18.8. The standard InChI is InChI=1S/C14H19F9O2/c15-11(16,12(17,18)13(19,20)14(21,22)23)6-1-2-7-24-9-5-10-4-3-8-25-10/h10H,1-9H2. The maximum Gasteiger partial charge on any atom is 0.460 e. The minimum Gasteiger partial charge on any atom is -0.381 e. The lowest BCUT2D eigenvalue weighted by Gasteiger charge is -2.33. The van der Waals surface area contributed by atoms with Gasteiger partial charge in [0.05, 0.1) is 6.10 Å². The van der Waals surface area contributed by atoms with E-state index in [0.29, 0.717) is 13.0 Å². The van der Waals surface area contributed by atoms with E-state index < -0.39 is 36.8 Å². The molecule has 0 radical (unpaired) electrons. The Balaban J connectivity index is 2.34. The number of ether oxygens (including phenoxy) is 2. The molecule has 0 saturated carbocycles. The molecule has 0 amide bonds. The molecule has 1 rings (SSSR count). The Morgan fingerprint density at radius 1 is 0.840 bits per heavy atom. The zero-order valence-electron chi connectivity index (χ0n) is 13.2. The second kappa shape index (κ2) is 8.32. The summed E-state index contributed by atoms with van der Waals surface area (Å²) < 4.78 is 124. The molecule has 0 spiro atoms. The van der Waals surface area contributed by atoms with Crippen molar-refractivity contribution in [1.29, 1.82) is 0 Å². The summed E-state index contributed by atoms with van der Waals surface area (Å²) in [5, 5.41) is 0. The minimum absolute atomic E-state index is 0.0487. The van der Waals surface area contributed by atoms with Crippen LogP contribution < -0.4 is 0 Å². The first-order valence-corrected chi connectivity index (χ1v) is 7.72. The Labute approximate surface area is 138 Å². The normalized spacial score (nSPS) is 20.3. The van der Waals surface area contributed by atoms with Crippen molar-refractivity contribution in [2.45, 2.75) is 68.6 Å². The van der Waals surface area contributed by atoms with Gasteiger partial charge in [-0.05, 0) is 32.1 Å². The summed E-state index contributed by atoms with van der Waals surface area (Å²) >= 11 is 0. The van der Waals surface area contributed by atoms with Gasteiger partial charge in [0, 0.05) is 26.2 Å². The third kappa shape index (κ3) is 5.38. The van der Waals surface area contributed by atoms with Crippen molar-refractivity contribution in [3.63, 3.8) is 0 Å². The quantitative estimate of drug-likeness (QED) is 0.377. The molecule has 25 heavy (non-hydrogen) atoms. The van der Waals surface area contributed by atoms with Crippen molar-refractivity contribution < 1.29 is 49.0 Å². The van der Waals surface area contributed by atoms with Crippen LogP contribution in [0.5, 0.6) is 0 Å². The van der Waals surface area contributed by atoms with E-state index in [1.165, 1.54) is 0 Å². The molecule has 0 aromatic heterocycles. The van der Waals surface area contributed by atoms with E-state index in [2.05, 4.69) is 0 Å². The van der Waals surface area contributed by atoms with Crippen molar-refractivity contribution in [3.05, 3.63) is 0 Å². The van der Waals surface area contributed by atoms with Gasteiger partial charge in [-0.1, -0.05) is 0 Å². The Morgan fingerprint density at radius 2 is 1.48 bits per heavy atom. The van der Waals surface area contributed by atoms with Crippen LogP contribution in [0.4, 0.5) is 39.5 Å². The molecule has 0 aromatic carbocycles. The molecule has 1 fully saturated rings. The first kappa shape index (κ1) is 22.3. The second-order valence-electron chi connectivity index (χ2n) is 5.84. The average molecular weight is 390 g/mol. The molecule has 1 aliphatic rings. The molecule has 11 heteroatoms. The lowest BCUT2D eigenvalue weighted by molar-refractivity contribution is -0.396. The van der Waals surface area contributed by atoms with E-state index in [1.807, 2.05) is 0 Å². The van der Waals surface area contributed by atoms with Crippen LogP contribution in [0.15, 0.2) is 0 Å². The van der Waals surface area contributed by atoms with E-state index in [1.54, 1.807) is 0 Å². The fraction of sp³-hybridized carbons (Fsp3) is 1.00. The number of unbranched alkanes of at least 4 members (excludes halogenated alkanes) is 1. The molecule has 1 atom stereocenters. The largest absolute Gasteiger partial charge is 0.460 e. The van der Waals surface area contributed by atoms with E-state index >= 15 is 0 Å². The summed E-state index contributed by atoms with van der Waals surface area (Å²) in [6.45, 7) is 0.809. The van der Waals surface area contributed by atoms with Crippen molar-refractivity contribution in [3.8, 4) is 0 Å². The van der Waals surface area contributed by atoms with Gasteiger partial charge in [0.2, 0.25) is 0 Å². The van der Waals surface area contributed by atoms with Gasteiger partial charge in [-0.25, -0.2) is 0 Å². The van der Waals surface area contributed by atoms with Crippen LogP contribution >= 0.6 is 0 Å². The minimum atomic E-state index is -6.82. The second-order valence-corrected chi connectivity index (χ2v) is 5.84. The molecule has 1 saturated heterocycles. The number of halogens is 9. The van der Waals surface area contributed by atoms with Crippen LogP contribution in [0.2, 0.25) is 0 Å². The van der Waals surface area contributed by atoms with Crippen molar-refractivity contribution >= 4 is 0 Å². The van der Waals surface area contributed by atoms with E-state index in [-0.39, 0.29) is 25.7 Å². The molecule has 0 bridgehead atoms. The maximum atomic E-state index is 13.2. The fourth-order valence-corrected chi connectivity index (χ4v) is 2.30. The van der Waals surface area contributed by atoms with Gasteiger partial charge in [-0.3, -0.25) is 0 Å². The molecule has 1 aliphatic heterocycles. The monoisotopic (exact) mass is 390 g/mol. The highest BCUT2D eigenvalue weighted by Gasteiger charge is 2.81. The summed E-state index contributed by atoms with van der Waals surface area (Å²) in [6.07, 6.45) is -7.01. The predicted molar refractivity (Wildman–Crippen MR) is 69.2 cm³/mol. The summed E-state index contributed by atoms with van der Waals surface area (Å²) in [7, 11) is 0. The van der Waals surface area contributed by atoms with Crippen molar-refractivity contribution in [2.24, 2.45) is 0 Å². The topological polar surface area (TPSA) is 18.5 Å². The highest BCUT2D eigenvalue weighted by molar-refractivity contribution is 5.00. The van der Waals surface area contributed by atoms with E-state index in [9.17, 15) is 39.5 Å². The Hall–Kier alpha value is -0.710. The SMILES string of the molecule is FC(F)(F)C(F)(F)C(F)(F)C(F)(F)CCCCOCCC1CCCO1. The first-order valence-electron chi connectivity index (χ1n) is 7.72. The number of hydrogen-bond acceptors (Lipinski definition) is 2. The van der Waals surface area contributed by atoms with Gasteiger partial charge in [0.1, 0.15) is 0 Å². The van der Waals surface area contributed by atoms with Gasteiger partial charge in [-0.2, -0.15) is 39.5 Å². The first-order chi connectivity index (χ1) is 11.3. The third-order valence-corrected chi connectivity index (χ3v) is 3.85. The fourth-order valence-electron chi connectivity index (χ4n) is 2.30. The van der Waals surface area contributed by atoms with Crippen LogP contribution in [0.25, 0.3) is 0 Å². The van der Waals surface area contributed by atoms with Gasteiger partial charge < -0.3 is 9.47 Å². The molecule has 2 nitrogen and oxygen atoms in total. The van der Waals surface area contributed by atoms with Crippen LogP contribution in [0.1, 0.15) is 38.5 Å². The lowest BCUT2D eigenvalue weighted by atomic mass is 9.99. The van der Waals surface area contributed by atoms with Gasteiger partial charge in [0.25, 0.3) is 0 Å². The van der Waals surface area contributed by atoms with E-state index in [4.69, 9.17) is 9.47 Å². The molecular formula is C14H19F9O2. The number of hydrogen-bond donors (Lipinski definition) is 0. The zero-order chi connectivity index (χ0) is 19.4. The summed E-state index contributed by atoms with van der Waals surface area (Å²) in [6, 6.07) is 0. The third-order valence-electron chi connectivity index (χ3n) is 3.85. The number of alkyl halides is 9. The molecule has 150 valence electrons. The zero-order valence-corrected chi connectivity index (χ0v) is 13.2. The highest BCUT2D eigenvalue weighted by Crippen LogP contribution is 2.54. The molecular weight excluding hydrogens is 371 g/mol. The van der Waals surface area contributed by atoms with Crippen molar-refractivity contribution in [2.75, 3.05) is 19.8 Å². The lowest BCUT2D eigenvalue weighted by Crippen LogP contribution is -2.60. The van der Waals surface area contributed by atoms with Gasteiger partial charge in [-0.15, -0.1) is 0 Å². The van der Waals surface area contributed by atoms with Crippen LogP contribution in [0, 0.1) is 0 Å². The summed E-state index contributed by atoms with van der Waals surface area (Å²) in [4.78, 5) is 0. The van der Waals surface area contributed by atoms with Crippen molar-refractivity contribution in [1.82, 2.24) is 0 Å². The maximum absolute atomic E-state index is 13.2. The average Bonchev–Trinajstić information content (AvgIpc) is 2.97. The Kier molecular flexibility index (Phi) is 7.43. The van der Waals surface area contributed by atoms with Crippen LogP contribution in [0.3, 0.4) is 0 Å². The van der Waals surface area contributed by atoms with Gasteiger partial charge >= 0.3 is 23.9 Å². The van der Waals surface area contributed by atoms with Gasteiger partial charge in [0.15, 0.2) is 0 Å². The molecule has 0 aromatic rings. The van der Waals surface area contributed by atoms with E-state index in [0.717, 1.165) is 12.8 Å². The molecule has 0 N–H and O–H groups in total. The Morgan fingerprint density at radius 3 is 2.00 bits per heavy atom. The smallest absolute Gasteiger partial charge is 0.381 e.